The molecule has 3 atom stereocenters. The van der Waals surface area contributed by atoms with Gasteiger partial charge in [-0.3, -0.25) is 19.3 Å². The van der Waals surface area contributed by atoms with Gasteiger partial charge >= 0.3 is 5.97 Å². The van der Waals surface area contributed by atoms with Gasteiger partial charge in [0.25, 0.3) is 0 Å². The Hall–Kier alpha value is -2.85. The molecule has 2 fully saturated rings. The maximum absolute atomic E-state index is 13.8. The van der Waals surface area contributed by atoms with E-state index in [1.165, 1.54) is 0 Å². The maximum Gasteiger partial charge on any atom is 0.308 e. The lowest BCUT2D eigenvalue weighted by molar-refractivity contribution is -0.144. The van der Waals surface area contributed by atoms with E-state index in [1.54, 1.807) is 0 Å². The number of carboxylic acids is 1. The van der Waals surface area contributed by atoms with Crippen LogP contribution in [-0.4, -0.2) is 115 Å². The molecular weight excluding hydrogens is 536 g/mol. The number of fused-ring (bicyclic) bond motifs is 1. The number of benzene rings is 1. The molecule has 3 heterocycles. The zero-order valence-electron chi connectivity index (χ0n) is 26.1. The third-order valence-corrected chi connectivity index (χ3v) is 8.91. The van der Waals surface area contributed by atoms with E-state index in [0.717, 1.165) is 37.8 Å². The summed E-state index contributed by atoms with van der Waals surface area (Å²) in [6, 6.07) is 5.27. The van der Waals surface area contributed by atoms with Crippen LogP contribution in [-0.2, 0) is 14.4 Å². The first-order valence-corrected chi connectivity index (χ1v) is 15.6. The second-order valence-electron chi connectivity index (χ2n) is 13.3. The lowest BCUT2D eigenvalue weighted by Crippen LogP contribution is -2.46. The number of carbonyl (C=O) groups excluding carboxylic acids is 2. The van der Waals surface area contributed by atoms with Gasteiger partial charge in [-0.2, -0.15) is 0 Å². The highest BCUT2D eigenvalue weighted by Crippen LogP contribution is 2.43. The average Bonchev–Trinajstić information content (AvgIpc) is 3.60. The Bertz CT molecular complexity index is 1110. The lowest BCUT2D eigenvalue weighted by atomic mass is 9.84. The molecule has 4 rings (SSSR count). The van der Waals surface area contributed by atoms with E-state index in [4.69, 9.17) is 9.47 Å². The SMILES string of the molecule is CCCCN(CCCCN(C)C)C(=O)CN1C[C@H](c2ccc3c(c2)OCO3)C(C(=O)O)[C@@H]1CCN1CC(C)(C)CC1=O. The predicted molar refractivity (Wildman–Crippen MR) is 161 cm³/mol. The van der Waals surface area contributed by atoms with Gasteiger partial charge in [0, 0.05) is 51.1 Å². The summed E-state index contributed by atoms with van der Waals surface area (Å²) in [6.07, 6.45) is 4.89. The molecule has 1 aromatic rings. The molecule has 0 aromatic heterocycles. The molecule has 0 aliphatic carbocycles. The summed E-state index contributed by atoms with van der Waals surface area (Å²) in [5, 5.41) is 10.5. The molecule has 42 heavy (non-hydrogen) atoms. The molecule has 1 aromatic carbocycles. The zero-order valence-corrected chi connectivity index (χ0v) is 26.1. The van der Waals surface area contributed by atoms with Crippen LogP contribution in [0.4, 0.5) is 0 Å². The van der Waals surface area contributed by atoms with Crippen LogP contribution in [0.25, 0.3) is 0 Å². The Labute approximate surface area is 250 Å². The fraction of sp³-hybridized carbons (Fsp3) is 0.719. The Morgan fingerprint density at radius 2 is 1.79 bits per heavy atom. The van der Waals surface area contributed by atoms with Crippen molar-refractivity contribution < 1.29 is 29.0 Å². The summed E-state index contributed by atoms with van der Waals surface area (Å²) < 4.78 is 11.1. The molecule has 0 radical (unpaired) electrons. The van der Waals surface area contributed by atoms with E-state index >= 15 is 0 Å². The van der Waals surface area contributed by atoms with E-state index in [9.17, 15) is 19.5 Å². The minimum atomic E-state index is -0.878. The van der Waals surface area contributed by atoms with Gasteiger partial charge in [-0.1, -0.05) is 33.3 Å². The summed E-state index contributed by atoms with van der Waals surface area (Å²) >= 11 is 0. The van der Waals surface area contributed by atoms with Crippen molar-refractivity contribution in [2.75, 3.05) is 66.7 Å². The van der Waals surface area contributed by atoms with Crippen molar-refractivity contribution in [3.8, 4) is 11.5 Å². The van der Waals surface area contributed by atoms with Crippen molar-refractivity contribution >= 4 is 17.8 Å². The Morgan fingerprint density at radius 1 is 1.07 bits per heavy atom. The van der Waals surface area contributed by atoms with E-state index < -0.39 is 11.9 Å². The highest BCUT2D eigenvalue weighted by molar-refractivity contribution is 5.80. The van der Waals surface area contributed by atoms with Crippen LogP contribution in [0.5, 0.6) is 11.5 Å². The monoisotopic (exact) mass is 586 g/mol. The second kappa shape index (κ2) is 14.1. The van der Waals surface area contributed by atoms with Gasteiger partial charge in [-0.05, 0) is 69.4 Å². The molecule has 234 valence electrons. The van der Waals surface area contributed by atoms with E-state index in [1.807, 2.05) is 28.0 Å². The topological polar surface area (TPSA) is 103 Å². The molecule has 10 heteroatoms. The number of unbranched alkanes of at least 4 members (excludes halogenated alkanes) is 2. The molecule has 3 aliphatic heterocycles. The number of hydrogen-bond acceptors (Lipinski definition) is 7. The molecule has 10 nitrogen and oxygen atoms in total. The quantitative estimate of drug-likeness (QED) is 0.312. The number of carbonyl (C=O) groups is 3. The number of rotatable bonds is 15. The normalized spacial score (nSPS) is 23.2. The fourth-order valence-corrected chi connectivity index (χ4v) is 6.72. The number of amides is 2. The summed E-state index contributed by atoms with van der Waals surface area (Å²) in [5.41, 5.74) is 0.784. The zero-order chi connectivity index (χ0) is 30.4. The number of aliphatic carboxylic acids is 1. The molecule has 1 unspecified atom stereocenters. The minimum Gasteiger partial charge on any atom is -0.481 e. The van der Waals surface area contributed by atoms with Crippen LogP contribution in [0.1, 0.15) is 70.8 Å². The first kappa shape index (κ1) is 32.1. The van der Waals surface area contributed by atoms with Crippen molar-refractivity contribution in [3.05, 3.63) is 23.8 Å². The number of nitrogens with zero attached hydrogens (tertiary/aromatic N) is 4. The first-order valence-electron chi connectivity index (χ1n) is 15.6. The van der Waals surface area contributed by atoms with Gasteiger partial charge in [-0.15, -0.1) is 0 Å². The molecule has 3 aliphatic rings. The second-order valence-corrected chi connectivity index (χ2v) is 13.3. The average molecular weight is 587 g/mol. The van der Waals surface area contributed by atoms with E-state index in [2.05, 4.69) is 44.7 Å². The summed E-state index contributed by atoms with van der Waals surface area (Å²) in [7, 11) is 4.11. The van der Waals surface area contributed by atoms with Crippen LogP contribution in [0.3, 0.4) is 0 Å². The van der Waals surface area contributed by atoms with Crippen molar-refractivity contribution in [3.63, 3.8) is 0 Å². The molecule has 0 saturated carbocycles. The third kappa shape index (κ3) is 7.95. The van der Waals surface area contributed by atoms with Gasteiger partial charge < -0.3 is 29.3 Å². The number of likely N-dealkylation sites (tertiary alicyclic amines) is 2. The van der Waals surface area contributed by atoms with Crippen molar-refractivity contribution in [2.45, 2.75) is 71.3 Å². The Kier molecular flexibility index (Phi) is 10.8. The van der Waals surface area contributed by atoms with Crippen molar-refractivity contribution in [1.82, 2.24) is 19.6 Å². The number of hydrogen-bond donors (Lipinski definition) is 1. The molecule has 0 spiro atoms. The van der Waals surface area contributed by atoms with Gasteiger partial charge in [0.15, 0.2) is 11.5 Å². The van der Waals surface area contributed by atoms with Crippen LogP contribution in [0.15, 0.2) is 18.2 Å². The number of ether oxygens (including phenoxy) is 2. The Balaban J connectivity index is 1.54. The van der Waals surface area contributed by atoms with E-state index in [-0.39, 0.29) is 42.5 Å². The standard InChI is InChI=1S/C32H50N4O6/c1-6-7-14-34(15-9-8-13-33(4)5)29(38)20-36-19-24(23-10-11-26-27(17-23)42-22-41-26)30(31(39)40)25(36)12-16-35-21-32(2,3)18-28(35)37/h10-11,17,24-25,30H,6-9,12-16,18-22H2,1-5H3,(H,39,40)/t24-,25+,30?/m1/s1. The number of carboxylic acid groups (broad SMARTS) is 1. The van der Waals surface area contributed by atoms with Crippen molar-refractivity contribution in [2.24, 2.45) is 11.3 Å². The highest BCUT2D eigenvalue weighted by atomic mass is 16.7. The van der Waals surface area contributed by atoms with Crippen LogP contribution >= 0.6 is 0 Å². The molecular formula is C32H50N4O6. The van der Waals surface area contributed by atoms with Crippen LogP contribution < -0.4 is 9.47 Å². The molecule has 2 saturated heterocycles. The van der Waals surface area contributed by atoms with Crippen LogP contribution in [0.2, 0.25) is 0 Å². The largest absolute Gasteiger partial charge is 0.481 e. The first-order chi connectivity index (χ1) is 20.0. The van der Waals surface area contributed by atoms with Crippen LogP contribution in [0, 0.1) is 11.3 Å². The van der Waals surface area contributed by atoms with Gasteiger partial charge in [0.2, 0.25) is 18.6 Å². The smallest absolute Gasteiger partial charge is 0.308 e. The summed E-state index contributed by atoms with van der Waals surface area (Å²) in [6.45, 7) is 10.6. The fourth-order valence-electron chi connectivity index (χ4n) is 6.72. The van der Waals surface area contributed by atoms with E-state index in [0.29, 0.717) is 57.1 Å². The predicted octanol–water partition coefficient (Wildman–Crippen LogP) is 3.50. The minimum absolute atomic E-state index is 0.0483. The maximum atomic E-state index is 13.8. The summed E-state index contributed by atoms with van der Waals surface area (Å²) in [4.78, 5) is 47.4. The Morgan fingerprint density at radius 3 is 2.45 bits per heavy atom. The lowest BCUT2D eigenvalue weighted by Gasteiger charge is -2.31. The molecule has 0 bridgehead atoms. The highest BCUT2D eigenvalue weighted by Gasteiger charge is 2.48. The third-order valence-electron chi connectivity index (χ3n) is 8.91. The molecule has 1 N–H and O–H groups in total. The summed E-state index contributed by atoms with van der Waals surface area (Å²) in [5.74, 6) is -0.468. The van der Waals surface area contributed by atoms with Gasteiger partial charge in [-0.25, -0.2) is 0 Å². The van der Waals surface area contributed by atoms with Crippen molar-refractivity contribution in [1.29, 1.82) is 0 Å². The van der Waals surface area contributed by atoms with Gasteiger partial charge in [0.05, 0.1) is 12.5 Å². The molecule has 2 amide bonds. The van der Waals surface area contributed by atoms with Gasteiger partial charge in [0.1, 0.15) is 0 Å².